The monoisotopic (exact) mass is 325 g/mol. The minimum absolute atomic E-state index is 0.0354. The lowest BCUT2D eigenvalue weighted by atomic mass is 10.1. The quantitative estimate of drug-likeness (QED) is 0.699. The summed E-state index contributed by atoms with van der Waals surface area (Å²) in [5.74, 6) is 0.705. The average molecular weight is 325 g/mol. The van der Waals surface area contributed by atoms with Crippen LogP contribution in [0.1, 0.15) is 24.2 Å². The van der Waals surface area contributed by atoms with Crippen molar-refractivity contribution in [3.8, 4) is 0 Å². The molecule has 0 saturated carbocycles. The Bertz CT molecular complexity index is 778. The van der Waals surface area contributed by atoms with E-state index in [1.165, 1.54) is 12.1 Å². The van der Waals surface area contributed by atoms with Crippen LogP contribution in [0.25, 0.3) is 11.0 Å². The zero-order chi connectivity index (χ0) is 16.8. The lowest BCUT2D eigenvalue weighted by Crippen LogP contribution is -2.25. The van der Waals surface area contributed by atoms with Gasteiger partial charge in [0.05, 0.1) is 11.0 Å². The second kappa shape index (κ2) is 7.73. The SMILES string of the molecule is O=C(CCCc1nc2ccccc2[nH]1)NCCc1ccc(F)cc1. The summed E-state index contributed by atoms with van der Waals surface area (Å²) in [5.41, 5.74) is 2.99. The number of halogens is 1. The molecule has 0 bridgehead atoms. The fourth-order valence-corrected chi connectivity index (χ4v) is 2.63. The number of amides is 1. The minimum Gasteiger partial charge on any atom is -0.356 e. The molecule has 0 unspecified atom stereocenters. The maximum absolute atomic E-state index is 12.8. The molecule has 0 atom stereocenters. The van der Waals surface area contributed by atoms with E-state index in [9.17, 15) is 9.18 Å². The molecule has 0 fully saturated rings. The lowest BCUT2D eigenvalue weighted by molar-refractivity contribution is -0.121. The summed E-state index contributed by atoms with van der Waals surface area (Å²) in [7, 11) is 0. The summed E-state index contributed by atoms with van der Waals surface area (Å²) in [5, 5.41) is 2.90. The summed E-state index contributed by atoms with van der Waals surface area (Å²) in [6.45, 7) is 0.565. The van der Waals surface area contributed by atoms with Crippen LogP contribution in [-0.4, -0.2) is 22.4 Å². The van der Waals surface area contributed by atoms with Gasteiger partial charge in [0, 0.05) is 19.4 Å². The van der Waals surface area contributed by atoms with E-state index in [4.69, 9.17) is 0 Å². The predicted molar refractivity (Wildman–Crippen MR) is 92.1 cm³/mol. The van der Waals surface area contributed by atoms with Crippen LogP contribution in [0, 0.1) is 5.82 Å². The van der Waals surface area contributed by atoms with E-state index >= 15 is 0 Å². The fraction of sp³-hybridized carbons (Fsp3) is 0.263. The summed E-state index contributed by atoms with van der Waals surface area (Å²) in [4.78, 5) is 19.6. The molecule has 5 heteroatoms. The number of aromatic nitrogens is 2. The standard InChI is InChI=1S/C19H20FN3O/c20-15-10-8-14(9-11-15)12-13-21-19(24)7-3-6-18-22-16-4-1-2-5-17(16)23-18/h1-2,4-5,8-11H,3,6-7,12-13H2,(H,21,24)(H,22,23). The van der Waals surface area contributed by atoms with Gasteiger partial charge in [-0.1, -0.05) is 24.3 Å². The van der Waals surface area contributed by atoms with Crippen LogP contribution in [-0.2, 0) is 17.6 Å². The number of hydrogen-bond donors (Lipinski definition) is 2. The number of hydrogen-bond acceptors (Lipinski definition) is 2. The highest BCUT2D eigenvalue weighted by Crippen LogP contribution is 2.11. The first-order chi connectivity index (χ1) is 11.7. The third kappa shape index (κ3) is 4.41. The van der Waals surface area contributed by atoms with Crippen molar-refractivity contribution in [3.63, 3.8) is 0 Å². The highest BCUT2D eigenvalue weighted by molar-refractivity contribution is 5.76. The smallest absolute Gasteiger partial charge is 0.220 e. The predicted octanol–water partition coefficient (Wildman–Crippen LogP) is 3.38. The van der Waals surface area contributed by atoms with Gasteiger partial charge in [-0.2, -0.15) is 0 Å². The lowest BCUT2D eigenvalue weighted by Gasteiger charge is -2.05. The molecule has 2 aromatic carbocycles. The molecule has 0 spiro atoms. The average Bonchev–Trinajstić information content (AvgIpc) is 2.99. The Morgan fingerprint density at radius 3 is 2.67 bits per heavy atom. The summed E-state index contributed by atoms with van der Waals surface area (Å²) >= 11 is 0. The van der Waals surface area contributed by atoms with Crippen molar-refractivity contribution >= 4 is 16.9 Å². The molecule has 24 heavy (non-hydrogen) atoms. The number of nitrogens with one attached hydrogen (secondary N) is 2. The highest BCUT2D eigenvalue weighted by atomic mass is 19.1. The van der Waals surface area contributed by atoms with Gasteiger partial charge in [-0.05, 0) is 42.7 Å². The summed E-state index contributed by atoms with van der Waals surface area (Å²) < 4.78 is 12.8. The third-order valence-electron chi connectivity index (χ3n) is 3.90. The molecule has 3 aromatic rings. The van der Waals surface area contributed by atoms with Crippen LogP contribution in [0.4, 0.5) is 4.39 Å². The maximum atomic E-state index is 12.8. The molecule has 0 aliphatic rings. The normalized spacial score (nSPS) is 10.9. The van der Waals surface area contributed by atoms with Crippen LogP contribution in [0.2, 0.25) is 0 Å². The zero-order valence-electron chi connectivity index (χ0n) is 13.4. The zero-order valence-corrected chi connectivity index (χ0v) is 13.4. The van der Waals surface area contributed by atoms with Crippen LogP contribution in [0.15, 0.2) is 48.5 Å². The Morgan fingerprint density at radius 1 is 1.08 bits per heavy atom. The molecular formula is C19H20FN3O. The number of aryl methyl sites for hydroxylation is 1. The van der Waals surface area contributed by atoms with Crippen molar-refractivity contribution in [3.05, 3.63) is 65.7 Å². The van der Waals surface area contributed by atoms with Crippen molar-refractivity contribution in [2.24, 2.45) is 0 Å². The number of fused-ring (bicyclic) bond motifs is 1. The van der Waals surface area contributed by atoms with E-state index in [0.29, 0.717) is 19.4 Å². The molecule has 2 N–H and O–H groups in total. The summed E-state index contributed by atoms with van der Waals surface area (Å²) in [6.07, 6.45) is 2.68. The van der Waals surface area contributed by atoms with Crippen LogP contribution in [0.3, 0.4) is 0 Å². The van der Waals surface area contributed by atoms with E-state index in [0.717, 1.165) is 35.3 Å². The number of imidazole rings is 1. The Kier molecular flexibility index (Phi) is 5.21. The Balaban J connectivity index is 1.37. The molecule has 4 nitrogen and oxygen atoms in total. The maximum Gasteiger partial charge on any atom is 0.220 e. The number of carbonyl (C=O) groups excluding carboxylic acids is 1. The number of nitrogens with zero attached hydrogens (tertiary/aromatic N) is 1. The molecule has 0 saturated heterocycles. The number of H-pyrrole nitrogens is 1. The first-order valence-electron chi connectivity index (χ1n) is 8.15. The van der Waals surface area contributed by atoms with Crippen molar-refractivity contribution in [1.29, 1.82) is 0 Å². The highest BCUT2D eigenvalue weighted by Gasteiger charge is 2.05. The van der Waals surface area contributed by atoms with Gasteiger partial charge in [-0.3, -0.25) is 4.79 Å². The first-order valence-corrected chi connectivity index (χ1v) is 8.15. The number of carbonyl (C=O) groups is 1. The Hall–Kier alpha value is -2.69. The topological polar surface area (TPSA) is 57.8 Å². The van der Waals surface area contributed by atoms with Crippen LogP contribution in [0.5, 0.6) is 0 Å². The number of rotatable bonds is 7. The van der Waals surface area contributed by atoms with E-state index in [2.05, 4.69) is 15.3 Å². The largest absolute Gasteiger partial charge is 0.356 e. The molecule has 0 radical (unpaired) electrons. The van der Waals surface area contributed by atoms with Gasteiger partial charge >= 0.3 is 0 Å². The van der Waals surface area contributed by atoms with Crippen LogP contribution >= 0.6 is 0 Å². The van der Waals surface area contributed by atoms with Gasteiger partial charge < -0.3 is 10.3 Å². The van der Waals surface area contributed by atoms with E-state index < -0.39 is 0 Å². The van der Waals surface area contributed by atoms with Gasteiger partial charge in [-0.15, -0.1) is 0 Å². The molecular weight excluding hydrogens is 305 g/mol. The first kappa shape index (κ1) is 16.2. The molecule has 124 valence electrons. The molecule has 0 aliphatic carbocycles. The second-order valence-corrected chi connectivity index (χ2v) is 5.78. The van der Waals surface area contributed by atoms with E-state index in [-0.39, 0.29) is 11.7 Å². The molecule has 1 amide bonds. The van der Waals surface area contributed by atoms with Gasteiger partial charge in [0.15, 0.2) is 0 Å². The molecule has 1 aromatic heterocycles. The summed E-state index contributed by atoms with van der Waals surface area (Å²) in [6, 6.07) is 14.2. The van der Waals surface area contributed by atoms with Gasteiger partial charge in [0.25, 0.3) is 0 Å². The minimum atomic E-state index is -0.242. The van der Waals surface area contributed by atoms with Gasteiger partial charge in [-0.25, -0.2) is 9.37 Å². The van der Waals surface area contributed by atoms with E-state index in [1.54, 1.807) is 12.1 Å². The van der Waals surface area contributed by atoms with E-state index in [1.807, 2.05) is 24.3 Å². The number of benzene rings is 2. The van der Waals surface area contributed by atoms with Gasteiger partial charge in [0.2, 0.25) is 5.91 Å². The van der Waals surface area contributed by atoms with Crippen molar-refractivity contribution < 1.29 is 9.18 Å². The van der Waals surface area contributed by atoms with Crippen molar-refractivity contribution in [2.75, 3.05) is 6.54 Å². The number of para-hydroxylation sites is 2. The van der Waals surface area contributed by atoms with Crippen molar-refractivity contribution in [2.45, 2.75) is 25.7 Å². The van der Waals surface area contributed by atoms with Crippen molar-refractivity contribution in [1.82, 2.24) is 15.3 Å². The molecule has 1 heterocycles. The van der Waals surface area contributed by atoms with Gasteiger partial charge in [0.1, 0.15) is 11.6 Å². The van der Waals surface area contributed by atoms with Crippen LogP contribution < -0.4 is 5.32 Å². The Labute approximate surface area is 140 Å². The third-order valence-corrected chi connectivity index (χ3v) is 3.90. The second-order valence-electron chi connectivity index (χ2n) is 5.78. The molecule has 3 rings (SSSR count). The fourth-order valence-electron chi connectivity index (χ4n) is 2.63. The number of aromatic amines is 1. The molecule has 0 aliphatic heterocycles. The Morgan fingerprint density at radius 2 is 1.88 bits per heavy atom.